The molecule has 2 saturated heterocycles. The molecule has 1 amide bonds. The zero-order valence-corrected chi connectivity index (χ0v) is 19.3. The Morgan fingerprint density at radius 3 is 2.31 bits per heavy atom. The highest BCUT2D eigenvalue weighted by Crippen LogP contribution is 2.23. The summed E-state index contributed by atoms with van der Waals surface area (Å²) in [7, 11) is -0.890. The van der Waals surface area contributed by atoms with Crippen LogP contribution in [0, 0.1) is 0 Å². The Hall–Kier alpha value is -2.49. The average Bonchev–Trinajstić information content (AvgIpc) is 2.80. The summed E-state index contributed by atoms with van der Waals surface area (Å²) in [5.74, 6) is 1.01. The van der Waals surface area contributed by atoms with Crippen molar-refractivity contribution in [3.8, 4) is 0 Å². The van der Waals surface area contributed by atoms with Crippen molar-refractivity contribution in [2.75, 3.05) is 62.7 Å². The van der Waals surface area contributed by atoms with Crippen LogP contribution in [0.25, 0.3) is 0 Å². The molecule has 0 saturated carbocycles. The first-order chi connectivity index (χ1) is 15.4. The van der Waals surface area contributed by atoms with Crippen LogP contribution in [0.1, 0.15) is 17.2 Å². The number of aromatic nitrogens is 1. The minimum atomic E-state index is -3.02. The Labute approximate surface area is 190 Å². The molecule has 1 unspecified atom stereocenters. The number of pyridine rings is 1. The van der Waals surface area contributed by atoms with Crippen LogP contribution in [-0.4, -0.2) is 86.9 Å². The number of rotatable bonds is 6. The van der Waals surface area contributed by atoms with E-state index in [0.29, 0.717) is 19.6 Å². The molecule has 0 spiro atoms. The van der Waals surface area contributed by atoms with Crippen LogP contribution >= 0.6 is 0 Å². The molecule has 0 radical (unpaired) electrons. The van der Waals surface area contributed by atoms with Gasteiger partial charge >= 0.3 is 0 Å². The SMILES string of the molecule is CN1CCN(c2ccc(CNC(=O)C(c3ccccc3)N3CCS(=O)(=O)CC3)cn2)CC1. The number of amides is 1. The third kappa shape index (κ3) is 5.65. The summed E-state index contributed by atoms with van der Waals surface area (Å²) in [5, 5.41) is 3.03. The van der Waals surface area contributed by atoms with Crippen LogP contribution in [0.3, 0.4) is 0 Å². The van der Waals surface area contributed by atoms with Gasteiger partial charge in [0.2, 0.25) is 5.91 Å². The van der Waals surface area contributed by atoms with E-state index in [0.717, 1.165) is 43.1 Å². The fraction of sp³-hybridized carbons (Fsp3) is 0.478. The second kappa shape index (κ2) is 9.97. The Kier molecular flexibility index (Phi) is 7.07. The van der Waals surface area contributed by atoms with Crippen LogP contribution in [-0.2, 0) is 21.2 Å². The minimum absolute atomic E-state index is 0.0846. The summed E-state index contributed by atoms with van der Waals surface area (Å²) < 4.78 is 23.7. The van der Waals surface area contributed by atoms with E-state index in [1.807, 2.05) is 53.6 Å². The largest absolute Gasteiger partial charge is 0.354 e. The van der Waals surface area contributed by atoms with Crippen molar-refractivity contribution >= 4 is 21.6 Å². The molecule has 1 N–H and O–H groups in total. The highest BCUT2D eigenvalue weighted by atomic mass is 32.2. The van der Waals surface area contributed by atoms with Gasteiger partial charge in [0.25, 0.3) is 0 Å². The summed E-state index contributed by atoms with van der Waals surface area (Å²) in [4.78, 5) is 24.3. The van der Waals surface area contributed by atoms with Crippen LogP contribution in [0.15, 0.2) is 48.7 Å². The predicted octanol–water partition coefficient (Wildman–Crippen LogP) is 0.921. The fourth-order valence-electron chi connectivity index (χ4n) is 4.18. The molecule has 1 aromatic carbocycles. The third-order valence-corrected chi connectivity index (χ3v) is 7.82. The van der Waals surface area contributed by atoms with Gasteiger partial charge in [0.15, 0.2) is 9.84 Å². The van der Waals surface area contributed by atoms with E-state index in [1.165, 1.54) is 0 Å². The first-order valence-electron chi connectivity index (χ1n) is 11.1. The second-order valence-electron chi connectivity index (χ2n) is 8.53. The molecule has 2 fully saturated rings. The van der Waals surface area contributed by atoms with E-state index in [-0.39, 0.29) is 17.4 Å². The van der Waals surface area contributed by atoms with E-state index in [1.54, 1.807) is 0 Å². The first kappa shape index (κ1) is 22.7. The number of likely N-dealkylation sites (N-methyl/N-ethyl adjacent to an activating group) is 1. The van der Waals surface area contributed by atoms with Crippen LogP contribution < -0.4 is 10.2 Å². The van der Waals surface area contributed by atoms with Crippen molar-refractivity contribution in [2.24, 2.45) is 0 Å². The number of anilines is 1. The Morgan fingerprint density at radius 2 is 1.69 bits per heavy atom. The van der Waals surface area contributed by atoms with E-state index in [2.05, 4.69) is 27.1 Å². The molecule has 9 heteroatoms. The highest BCUT2D eigenvalue weighted by Gasteiger charge is 2.32. The summed E-state index contributed by atoms with van der Waals surface area (Å²) in [6.07, 6.45) is 1.82. The molecule has 2 aliphatic rings. The number of nitrogens with one attached hydrogen (secondary N) is 1. The summed E-state index contributed by atoms with van der Waals surface area (Å²) >= 11 is 0. The lowest BCUT2D eigenvalue weighted by molar-refractivity contribution is -0.126. The normalized spacial score (nSPS) is 20.6. The van der Waals surface area contributed by atoms with E-state index >= 15 is 0 Å². The molecule has 1 aromatic heterocycles. The minimum Gasteiger partial charge on any atom is -0.354 e. The third-order valence-electron chi connectivity index (χ3n) is 6.21. The predicted molar refractivity (Wildman–Crippen MR) is 125 cm³/mol. The molecule has 3 heterocycles. The molecule has 0 bridgehead atoms. The van der Waals surface area contributed by atoms with Crippen molar-refractivity contribution in [1.29, 1.82) is 0 Å². The first-order valence-corrected chi connectivity index (χ1v) is 12.9. The van der Waals surface area contributed by atoms with Crippen LogP contribution in [0.4, 0.5) is 5.82 Å². The van der Waals surface area contributed by atoms with Gasteiger partial charge in [-0.05, 0) is 24.2 Å². The number of benzene rings is 1. The van der Waals surface area contributed by atoms with Gasteiger partial charge in [-0.2, -0.15) is 0 Å². The topological polar surface area (TPSA) is 85.9 Å². The van der Waals surface area contributed by atoms with Crippen molar-refractivity contribution < 1.29 is 13.2 Å². The molecule has 0 aliphatic carbocycles. The van der Waals surface area contributed by atoms with Gasteiger partial charge in [0.1, 0.15) is 11.9 Å². The fourth-order valence-corrected chi connectivity index (χ4v) is 5.41. The highest BCUT2D eigenvalue weighted by molar-refractivity contribution is 7.91. The van der Waals surface area contributed by atoms with E-state index in [9.17, 15) is 13.2 Å². The number of piperazine rings is 1. The molecule has 2 aromatic rings. The Bertz CT molecular complexity index is 992. The van der Waals surface area contributed by atoms with Gasteiger partial charge < -0.3 is 15.1 Å². The lowest BCUT2D eigenvalue weighted by Crippen LogP contribution is -2.47. The maximum Gasteiger partial charge on any atom is 0.242 e. The van der Waals surface area contributed by atoms with Gasteiger partial charge in [0, 0.05) is 52.0 Å². The van der Waals surface area contributed by atoms with E-state index < -0.39 is 15.9 Å². The Morgan fingerprint density at radius 1 is 1.00 bits per heavy atom. The summed E-state index contributed by atoms with van der Waals surface area (Å²) in [6, 6.07) is 13.0. The lowest BCUT2D eigenvalue weighted by atomic mass is 10.0. The lowest BCUT2D eigenvalue weighted by Gasteiger charge is -2.34. The number of hydrogen-bond donors (Lipinski definition) is 1. The van der Waals surface area contributed by atoms with Gasteiger partial charge in [-0.25, -0.2) is 13.4 Å². The molecule has 2 aliphatic heterocycles. The quantitative estimate of drug-likeness (QED) is 0.690. The molecule has 32 heavy (non-hydrogen) atoms. The maximum atomic E-state index is 13.2. The molecule has 8 nitrogen and oxygen atoms in total. The monoisotopic (exact) mass is 457 g/mol. The van der Waals surface area contributed by atoms with Crippen molar-refractivity contribution in [1.82, 2.24) is 20.1 Å². The second-order valence-corrected chi connectivity index (χ2v) is 10.8. The smallest absolute Gasteiger partial charge is 0.242 e. The van der Waals surface area contributed by atoms with E-state index in [4.69, 9.17) is 0 Å². The van der Waals surface area contributed by atoms with Gasteiger partial charge in [-0.1, -0.05) is 36.4 Å². The van der Waals surface area contributed by atoms with Crippen molar-refractivity contribution in [2.45, 2.75) is 12.6 Å². The molecule has 1 atom stereocenters. The number of carbonyl (C=O) groups excluding carboxylic acids is 1. The van der Waals surface area contributed by atoms with Crippen LogP contribution in [0.2, 0.25) is 0 Å². The number of sulfone groups is 1. The average molecular weight is 458 g/mol. The number of nitrogens with zero attached hydrogens (tertiary/aromatic N) is 4. The molecule has 4 rings (SSSR count). The summed E-state index contributed by atoms with van der Waals surface area (Å²) in [6.45, 7) is 5.07. The van der Waals surface area contributed by atoms with Crippen molar-refractivity contribution in [3.05, 3.63) is 59.8 Å². The molecule has 172 valence electrons. The summed E-state index contributed by atoms with van der Waals surface area (Å²) in [5.41, 5.74) is 1.80. The zero-order chi connectivity index (χ0) is 22.6. The Balaban J connectivity index is 1.40. The van der Waals surface area contributed by atoms with Gasteiger partial charge in [-0.3, -0.25) is 9.69 Å². The number of carbonyl (C=O) groups is 1. The van der Waals surface area contributed by atoms with Crippen LogP contribution in [0.5, 0.6) is 0 Å². The van der Waals surface area contributed by atoms with Gasteiger partial charge in [0.05, 0.1) is 11.5 Å². The molecular formula is C23H31N5O3S. The zero-order valence-electron chi connectivity index (χ0n) is 18.5. The molecular weight excluding hydrogens is 426 g/mol. The van der Waals surface area contributed by atoms with Crippen molar-refractivity contribution in [3.63, 3.8) is 0 Å². The maximum absolute atomic E-state index is 13.2. The standard InChI is InChI=1S/C23H31N5O3S/c1-26-9-11-27(12-10-26)21-8-7-19(17-24-21)18-25-23(29)22(20-5-3-2-4-6-20)28-13-15-32(30,31)16-14-28/h2-8,17,22H,9-16,18H2,1H3,(H,25,29). The number of hydrogen-bond acceptors (Lipinski definition) is 7. The van der Waals surface area contributed by atoms with Gasteiger partial charge in [-0.15, -0.1) is 0 Å².